The summed E-state index contributed by atoms with van der Waals surface area (Å²) in [6.45, 7) is 0. The van der Waals surface area contributed by atoms with Gasteiger partial charge in [-0.2, -0.15) is 0 Å². The van der Waals surface area contributed by atoms with Crippen LogP contribution in [-0.4, -0.2) is 99.1 Å². The molecule has 5 saturated heterocycles. The third-order valence-electron chi connectivity index (χ3n) is 8.13. The van der Waals surface area contributed by atoms with Gasteiger partial charge < -0.3 is 25.1 Å². The Labute approximate surface area is 182 Å². The molecule has 5 aliphatic heterocycles. The fraction of sp³-hybridized carbons (Fsp3) is 0.778. The number of hydrogen-bond donors (Lipinski definition) is 3. The third kappa shape index (κ3) is 1.72. The van der Waals surface area contributed by atoms with E-state index in [1.807, 2.05) is 0 Å². The van der Waals surface area contributed by atoms with Crippen molar-refractivity contribution in [1.82, 2.24) is 9.80 Å². The summed E-state index contributed by atoms with van der Waals surface area (Å²) in [7, 11) is 2.50. The minimum atomic E-state index is -1.38. The molecule has 160 valence electrons. The minimum Gasteiger partial charge on any atom is -0.390 e. The molecule has 11 atom stereocenters. The van der Waals surface area contributed by atoms with E-state index in [9.17, 15) is 34.5 Å². The number of carbonyl (C=O) groups is 4. The van der Waals surface area contributed by atoms with E-state index in [4.69, 9.17) is 0 Å². The van der Waals surface area contributed by atoms with Gasteiger partial charge in [0.05, 0.1) is 28.7 Å². The van der Waals surface area contributed by atoms with E-state index in [-0.39, 0.29) is 42.0 Å². The molecule has 2 aliphatic carbocycles. The van der Waals surface area contributed by atoms with Crippen molar-refractivity contribution in [2.24, 2.45) is 11.8 Å². The van der Waals surface area contributed by atoms with E-state index in [1.54, 1.807) is 0 Å². The van der Waals surface area contributed by atoms with Crippen LogP contribution in [0.25, 0.3) is 0 Å². The molecular weight excluding hydrogens is 452 g/mol. The Kier molecular flexibility index (Phi) is 3.37. The maximum atomic E-state index is 14.1. The van der Waals surface area contributed by atoms with Gasteiger partial charge in [-0.15, -0.1) is 11.8 Å². The molecular formula is C18H18N2O7S3. The molecule has 5 heterocycles. The van der Waals surface area contributed by atoms with Gasteiger partial charge in [0.25, 0.3) is 11.8 Å². The molecule has 1 spiro atoms. The van der Waals surface area contributed by atoms with Gasteiger partial charge in [0, 0.05) is 31.1 Å². The first-order valence-corrected chi connectivity index (χ1v) is 13.1. The Morgan fingerprint density at radius 2 is 1.47 bits per heavy atom. The molecule has 0 aromatic rings. The second-order valence-electron chi connectivity index (χ2n) is 9.32. The number of thioether (sulfide) groups is 1. The molecule has 7 rings (SSSR count). The van der Waals surface area contributed by atoms with Gasteiger partial charge in [-0.1, -0.05) is 21.6 Å². The van der Waals surface area contributed by atoms with Crippen LogP contribution in [0.3, 0.4) is 0 Å². The molecule has 0 aromatic carbocycles. The Hall–Kier alpha value is -0.790. The summed E-state index contributed by atoms with van der Waals surface area (Å²) in [5, 5.41) is 30.9. The topological polar surface area (TPSA) is 135 Å². The molecule has 2 saturated carbocycles. The predicted octanol–water partition coefficient (Wildman–Crippen LogP) is -1.66. The zero-order valence-corrected chi connectivity index (χ0v) is 17.9. The first-order chi connectivity index (χ1) is 14.2. The molecule has 0 aromatic heterocycles. The number of Topliss-reactive ketones (excluding diaryl/α,β-unsaturated/α-hetero) is 2. The van der Waals surface area contributed by atoms with E-state index in [1.165, 1.54) is 31.4 Å². The van der Waals surface area contributed by atoms with E-state index in [2.05, 4.69) is 0 Å². The number of hydrogen-bond acceptors (Lipinski definition) is 10. The molecule has 30 heavy (non-hydrogen) atoms. The number of fused-ring (bicyclic) bond motifs is 3. The number of aliphatic hydroxyl groups excluding tert-OH is 3. The first kappa shape index (κ1) is 18.8. The van der Waals surface area contributed by atoms with Crippen LogP contribution in [0.4, 0.5) is 0 Å². The number of rotatable bonds is 0. The summed E-state index contributed by atoms with van der Waals surface area (Å²) >= 11 is 0.963. The highest BCUT2D eigenvalue weighted by molar-refractivity contribution is 8.77. The Morgan fingerprint density at radius 1 is 0.833 bits per heavy atom. The first-order valence-electron chi connectivity index (χ1n) is 10.0. The standard InChI is InChI=1S/C18H18N2O7S3/c21-6-1-7-11(23)8-4(6)2-18(30-29-7)16(27)19-9-5-3-17(19,15(26)20(8)18)28-14(10(5)22)13(25)12(9)24/h4-5,7-9,11-14,23-25H,1-3H2/t4-,5+,7+,8-,9-,11-,12+,13+,14+,17+,18+/m0/s1. The van der Waals surface area contributed by atoms with E-state index in [0.29, 0.717) is 0 Å². The van der Waals surface area contributed by atoms with Crippen molar-refractivity contribution in [2.75, 3.05) is 0 Å². The second kappa shape index (κ2) is 5.40. The predicted molar refractivity (Wildman–Crippen MR) is 106 cm³/mol. The molecule has 7 fully saturated rings. The number of ketones is 2. The summed E-state index contributed by atoms with van der Waals surface area (Å²) in [4.78, 5) is 53.9. The van der Waals surface area contributed by atoms with Crippen molar-refractivity contribution in [3.8, 4) is 0 Å². The number of piperazine rings is 1. The zero-order chi connectivity index (χ0) is 20.9. The smallest absolute Gasteiger partial charge is 0.261 e. The lowest BCUT2D eigenvalue weighted by Crippen LogP contribution is -2.74. The largest absolute Gasteiger partial charge is 0.390 e. The van der Waals surface area contributed by atoms with E-state index in [0.717, 1.165) is 11.8 Å². The highest BCUT2D eigenvalue weighted by Gasteiger charge is 2.80. The van der Waals surface area contributed by atoms with Crippen molar-refractivity contribution in [1.29, 1.82) is 0 Å². The van der Waals surface area contributed by atoms with Crippen LogP contribution in [0.2, 0.25) is 0 Å². The lowest BCUT2D eigenvalue weighted by molar-refractivity contribution is -0.171. The average molecular weight is 471 g/mol. The van der Waals surface area contributed by atoms with Crippen molar-refractivity contribution >= 4 is 56.7 Å². The molecule has 0 unspecified atom stereocenters. The van der Waals surface area contributed by atoms with Crippen LogP contribution in [0, 0.1) is 11.8 Å². The van der Waals surface area contributed by atoms with Crippen LogP contribution >= 0.6 is 33.3 Å². The molecule has 12 heteroatoms. The van der Waals surface area contributed by atoms with Crippen molar-refractivity contribution in [2.45, 2.75) is 69.9 Å². The summed E-state index contributed by atoms with van der Waals surface area (Å²) in [6, 6.07) is -1.70. The van der Waals surface area contributed by atoms with Gasteiger partial charge in [-0.3, -0.25) is 19.2 Å². The number of aliphatic hydroxyl groups is 3. The van der Waals surface area contributed by atoms with Crippen molar-refractivity contribution in [3.63, 3.8) is 0 Å². The van der Waals surface area contributed by atoms with Gasteiger partial charge >= 0.3 is 0 Å². The highest BCUT2D eigenvalue weighted by atomic mass is 33.1. The summed E-state index contributed by atoms with van der Waals surface area (Å²) in [5.41, 5.74) is 0. The molecule has 6 bridgehead atoms. The maximum Gasteiger partial charge on any atom is 0.261 e. The van der Waals surface area contributed by atoms with Crippen LogP contribution < -0.4 is 0 Å². The van der Waals surface area contributed by atoms with Gasteiger partial charge in [0.2, 0.25) is 0 Å². The van der Waals surface area contributed by atoms with Gasteiger partial charge in [0.15, 0.2) is 15.5 Å². The number of amides is 2. The monoisotopic (exact) mass is 470 g/mol. The fourth-order valence-corrected chi connectivity index (χ4v) is 12.2. The summed E-state index contributed by atoms with van der Waals surface area (Å²) in [6.07, 6.45) is -3.10. The molecule has 0 radical (unpaired) electrons. The van der Waals surface area contributed by atoms with Gasteiger partial charge in [-0.25, -0.2) is 0 Å². The minimum absolute atomic E-state index is 0.0311. The Bertz CT molecular complexity index is 932. The second-order valence-corrected chi connectivity index (χ2v) is 13.5. The average Bonchev–Trinajstić information content (AvgIpc) is 3.17. The quantitative estimate of drug-likeness (QED) is 0.353. The van der Waals surface area contributed by atoms with Crippen LogP contribution in [-0.2, 0) is 19.2 Å². The SMILES string of the molecule is O=C1C[C@H]2SS[C@@]34C[C@@H]1[C@@H]([C@H]2O)N3C(=O)[C@@]12C[C@H]3C(=O)[C@@H](S1)[C@H](O)[C@H](O)[C@H]3N2C4=O. The summed E-state index contributed by atoms with van der Waals surface area (Å²) in [5.74, 6) is -2.31. The maximum absolute atomic E-state index is 14.1. The normalized spacial score (nSPS) is 57.8. The molecule has 9 nitrogen and oxygen atoms in total. The lowest BCUT2D eigenvalue weighted by atomic mass is 9.79. The third-order valence-corrected chi connectivity index (χ3v) is 13.3. The van der Waals surface area contributed by atoms with Gasteiger partial charge in [0.1, 0.15) is 18.0 Å². The van der Waals surface area contributed by atoms with Crippen molar-refractivity contribution in [3.05, 3.63) is 0 Å². The summed E-state index contributed by atoms with van der Waals surface area (Å²) < 4.78 is 0. The Balaban J connectivity index is 1.44. The molecule has 7 aliphatic rings. The van der Waals surface area contributed by atoms with E-state index < -0.39 is 63.1 Å². The van der Waals surface area contributed by atoms with E-state index >= 15 is 0 Å². The fourth-order valence-electron chi connectivity index (χ4n) is 6.87. The van der Waals surface area contributed by atoms with Crippen LogP contribution in [0.5, 0.6) is 0 Å². The number of nitrogens with zero attached hydrogens (tertiary/aromatic N) is 2. The van der Waals surface area contributed by atoms with Crippen molar-refractivity contribution < 1.29 is 34.5 Å². The highest BCUT2D eigenvalue weighted by Crippen LogP contribution is 2.68. The van der Waals surface area contributed by atoms with Gasteiger partial charge in [-0.05, 0) is 0 Å². The molecule has 3 N–H and O–H groups in total. The van der Waals surface area contributed by atoms with Crippen LogP contribution in [0.15, 0.2) is 0 Å². The Morgan fingerprint density at radius 3 is 2.23 bits per heavy atom. The van der Waals surface area contributed by atoms with Crippen LogP contribution in [0.1, 0.15) is 19.3 Å². The zero-order valence-electron chi connectivity index (χ0n) is 15.4. The lowest BCUT2D eigenvalue weighted by Gasteiger charge is -2.53. The molecule has 2 amide bonds. The number of carbonyl (C=O) groups excluding carboxylic acids is 4.